The number of hydrogen-bond donors (Lipinski definition) is 0. The van der Waals surface area contributed by atoms with Crippen LogP contribution in [0.4, 0.5) is 0 Å². The van der Waals surface area contributed by atoms with Crippen LogP contribution >= 0.6 is 0 Å². The Morgan fingerprint density at radius 2 is 0.698 bits per heavy atom. The number of nitrogens with zero attached hydrogens (tertiary/aromatic N) is 2. The number of nitriles is 2. The molecule has 5 heteroatoms. The summed E-state index contributed by atoms with van der Waals surface area (Å²) in [5.74, 6) is 1.09. The molecule has 0 N–H and O–H groups in total. The molecular weight excluding hydrogens is 770 g/mol. The molecule has 0 aliphatic carbocycles. The van der Waals surface area contributed by atoms with E-state index >= 15 is 0 Å². The van der Waals surface area contributed by atoms with Crippen LogP contribution in [0, 0.1) is 22.7 Å². The third-order valence-corrected chi connectivity index (χ3v) is 18.8. The van der Waals surface area contributed by atoms with Gasteiger partial charge in [0, 0.05) is 0 Å². The van der Waals surface area contributed by atoms with Crippen LogP contribution in [-0.2, 0) is 4.74 Å². The van der Waals surface area contributed by atoms with Crippen molar-refractivity contribution in [1.29, 1.82) is 10.5 Å². The summed E-state index contributed by atoms with van der Waals surface area (Å²) in [5.41, 5.74) is 2.61. The molecule has 0 atom stereocenters. The average molecular weight is 805 g/mol. The molecule has 1 heterocycles. The molecule has 0 fully saturated rings. The van der Waals surface area contributed by atoms with Crippen molar-refractivity contribution in [3.05, 3.63) is 228 Å². The zero-order valence-corrected chi connectivity index (χ0v) is 32.6. The van der Waals surface area contributed by atoms with Crippen LogP contribution in [-0.4, -0.2) is 29.3 Å². The predicted molar refractivity (Wildman–Crippen MR) is 222 cm³/mol. The Hall–Kier alpha value is -6.08. The maximum atomic E-state index is 9.68. The summed E-state index contributed by atoms with van der Waals surface area (Å²) in [6.45, 7) is 0. The first-order valence-corrected chi connectivity index (χ1v) is 22.8. The van der Waals surface area contributed by atoms with Crippen LogP contribution in [0.1, 0.15) is 11.1 Å². The molecule has 0 radical (unpaired) electrons. The number of allylic oxidation sites excluding steroid dienone is 6. The second-order valence-electron chi connectivity index (χ2n) is 12.1. The van der Waals surface area contributed by atoms with Gasteiger partial charge in [0.2, 0.25) is 0 Å². The second-order valence-corrected chi connectivity index (χ2v) is 21.4. The molecule has 7 rings (SSSR count). The number of benzene rings is 6. The summed E-state index contributed by atoms with van der Waals surface area (Å²) in [6.07, 6.45) is 11.3. The standard InChI is InChI=1S/C48H34As2N2O/c51-35-40(36-52)39-33-47(31-25-37-21-27-45(28-22-37)49(41-13-5-1-6-14-41)42-15-7-2-8-16-42)53-48(34-39)32-26-38-23-29-46(30-24-38)50(43-17-9-3-10-18-43)44-19-11-4-12-20-44/h1-34H/b31-25+,32-26+. The molecule has 0 bridgehead atoms. The normalized spacial score (nSPS) is 12.6. The molecule has 3 nitrogen and oxygen atoms in total. The van der Waals surface area contributed by atoms with Crippen LogP contribution in [0.5, 0.6) is 0 Å². The molecule has 0 amide bonds. The second kappa shape index (κ2) is 17.4. The molecule has 6 aromatic carbocycles. The van der Waals surface area contributed by atoms with E-state index in [0.29, 0.717) is 17.1 Å². The Kier molecular flexibility index (Phi) is 11.6. The quantitative estimate of drug-likeness (QED) is 0.116. The summed E-state index contributed by atoms with van der Waals surface area (Å²) in [4.78, 5) is 0. The number of hydrogen-bond acceptors (Lipinski definition) is 3. The first-order valence-electron chi connectivity index (χ1n) is 17.2. The average Bonchev–Trinajstić information content (AvgIpc) is 3.22. The van der Waals surface area contributed by atoms with E-state index in [1.165, 1.54) is 26.1 Å². The van der Waals surface area contributed by atoms with Gasteiger partial charge >= 0.3 is 323 Å². The molecule has 1 aliphatic rings. The molecule has 0 saturated heterocycles. The molecule has 0 spiro atoms. The summed E-state index contributed by atoms with van der Waals surface area (Å²) in [7, 11) is 0. The van der Waals surface area contributed by atoms with Gasteiger partial charge < -0.3 is 0 Å². The van der Waals surface area contributed by atoms with Gasteiger partial charge in [0.1, 0.15) is 0 Å². The van der Waals surface area contributed by atoms with Gasteiger partial charge in [-0.1, -0.05) is 0 Å². The number of ether oxygens (including phenoxy) is 1. The molecule has 0 aromatic heterocycles. The summed E-state index contributed by atoms with van der Waals surface area (Å²) in [6, 6.07) is 64.6. The van der Waals surface area contributed by atoms with Crippen molar-refractivity contribution >= 4 is 67.6 Å². The fourth-order valence-electron chi connectivity index (χ4n) is 6.03. The van der Waals surface area contributed by atoms with Crippen LogP contribution < -0.4 is 26.1 Å². The van der Waals surface area contributed by atoms with Gasteiger partial charge in [-0.15, -0.1) is 0 Å². The van der Waals surface area contributed by atoms with Gasteiger partial charge in [-0.2, -0.15) is 0 Å². The van der Waals surface area contributed by atoms with Crippen LogP contribution in [0.25, 0.3) is 12.2 Å². The van der Waals surface area contributed by atoms with Gasteiger partial charge in [-0.25, -0.2) is 0 Å². The van der Waals surface area contributed by atoms with E-state index in [9.17, 15) is 10.5 Å². The van der Waals surface area contributed by atoms with Crippen molar-refractivity contribution in [2.24, 2.45) is 0 Å². The van der Waals surface area contributed by atoms with Gasteiger partial charge in [-0.05, 0) is 0 Å². The molecule has 6 aromatic rings. The molecule has 53 heavy (non-hydrogen) atoms. The van der Waals surface area contributed by atoms with Crippen LogP contribution in [0.3, 0.4) is 0 Å². The Balaban J connectivity index is 1.10. The molecular formula is C48H34As2N2O. The Labute approximate surface area is 321 Å². The van der Waals surface area contributed by atoms with Gasteiger partial charge in [0.05, 0.1) is 0 Å². The van der Waals surface area contributed by atoms with Crippen molar-refractivity contribution < 1.29 is 4.74 Å². The Morgan fingerprint density at radius 1 is 0.396 bits per heavy atom. The topological polar surface area (TPSA) is 56.8 Å². The zero-order valence-electron chi connectivity index (χ0n) is 28.8. The van der Waals surface area contributed by atoms with E-state index in [4.69, 9.17) is 4.74 Å². The van der Waals surface area contributed by atoms with E-state index in [1.54, 1.807) is 12.2 Å². The van der Waals surface area contributed by atoms with Crippen molar-refractivity contribution in [2.75, 3.05) is 0 Å². The third-order valence-electron chi connectivity index (χ3n) is 8.58. The maximum absolute atomic E-state index is 9.68. The van der Waals surface area contributed by atoms with E-state index in [1.807, 2.05) is 36.4 Å². The van der Waals surface area contributed by atoms with Gasteiger partial charge in [0.25, 0.3) is 0 Å². The molecule has 1 aliphatic heterocycles. The summed E-state index contributed by atoms with van der Waals surface area (Å²) < 4.78 is 14.5. The van der Waals surface area contributed by atoms with E-state index in [-0.39, 0.29) is 5.57 Å². The van der Waals surface area contributed by atoms with Gasteiger partial charge in [0.15, 0.2) is 0 Å². The van der Waals surface area contributed by atoms with E-state index in [2.05, 4.69) is 170 Å². The summed E-state index contributed by atoms with van der Waals surface area (Å²) in [5, 5.41) is 19.4. The fourth-order valence-corrected chi connectivity index (χ4v) is 15.6. The SMILES string of the molecule is N#CC(C#N)=C1C=C(/C=C/c2ccc([As](c3ccccc3)c3ccccc3)cc2)OC(/C=C/c2ccc([As](c3ccccc3)c3ccccc3)cc2)=C1. The van der Waals surface area contributed by atoms with Crippen molar-refractivity contribution in [3.8, 4) is 12.1 Å². The summed E-state index contributed by atoms with van der Waals surface area (Å²) >= 11 is -3.42. The van der Waals surface area contributed by atoms with Crippen LogP contribution in [0.15, 0.2) is 217 Å². The monoisotopic (exact) mass is 804 g/mol. The minimum absolute atomic E-state index is 0.0370. The minimum atomic E-state index is -1.71. The van der Waals surface area contributed by atoms with E-state index in [0.717, 1.165) is 11.1 Å². The molecule has 0 unspecified atom stereocenters. The third kappa shape index (κ3) is 8.87. The van der Waals surface area contributed by atoms with E-state index < -0.39 is 29.3 Å². The molecule has 252 valence electrons. The Morgan fingerprint density at radius 3 is 1.00 bits per heavy atom. The molecule has 0 saturated carbocycles. The van der Waals surface area contributed by atoms with Crippen molar-refractivity contribution in [1.82, 2.24) is 0 Å². The number of rotatable bonds is 10. The zero-order chi connectivity index (χ0) is 36.2. The van der Waals surface area contributed by atoms with Crippen LogP contribution in [0.2, 0.25) is 0 Å². The van der Waals surface area contributed by atoms with Gasteiger partial charge in [-0.3, -0.25) is 0 Å². The van der Waals surface area contributed by atoms with Crippen molar-refractivity contribution in [2.45, 2.75) is 0 Å². The first kappa shape index (κ1) is 35.3. The Bertz CT molecular complexity index is 2150. The fraction of sp³-hybridized carbons (Fsp3) is 0. The predicted octanol–water partition coefficient (Wildman–Crippen LogP) is 6.59. The first-order chi connectivity index (χ1) is 26.2. The van der Waals surface area contributed by atoms with Crippen molar-refractivity contribution in [3.63, 3.8) is 0 Å².